The number of alkyl halides is 1. The highest BCUT2D eigenvalue weighted by molar-refractivity contribution is 14.1. The van der Waals surface area contributed by atoms with Crippen LogP contribution in [0.3, 0.4) is 0 Å². The van der Waals surface area contributed by atoms with E-state index in [4.69, 9.17) is 0 Å². The van der Waals surface area contributed by atoms with Gasteiger partial charge in [0.25, 0.3) is 0 Å². The molecule has 0 atom stereocenters. The van der Waals surface area contributed by atoms with Crippen LogP contribution in [0.15, 0.2) is 39.5 Å². The fourth-order valence-electron chi connectivity index (χ4n) is 1.59. The third-order valence-electron chi connectivity index (χ3n) is 2.63. The van der Waals surface area contributed by atoms with Gasteiger partial charge in [-0.1, -0.05) is 66.0 Å². The Balaban J connectivity index is 2.81. The van der Waals surface area contributed by atoms with Crippen molar-refractivity contribution < 1.29 is 0 Å². The molecule has 1 aromatic rings. The van der Waals surface area contributed by atoms with Crippen LogP contribution in [0.4, 0.5) is 0 Å². The number of rotatable bonds is 5. The Labute approximate surface area is 138 Å². The number of benzene rings is 1. The highest BCUT2D eigenvalue weighted by atomic mass is 127. The Hall–Kier alpha value is -0.0200. The van der Waals surface area contributed by atoms with Gasteiger partial charge in [0, 0.05) is 9.99 Å². The maximum atomic E-state index is 3.31. The number of hydrogen-bond acceptors (Lipinski definition) is 0. The molecule has 1 rings (SSSR count). The average molecular weight is 464 g/mol. The van der Waals surface area contributed by atoms with Gasteiger partial charge in [0.1, 0.15) is 0 Å². The van der Waals surface area contributed by atoms with E-state index in [9.17, 15) is 0 Å². The van der Waals surface area contributed by atoms with Gasteiger partial charge in [0.05, 0.1) is 3.58 Å². The predicted octanol–water partition coefficient (Wildman–Crippen LogP) is 5.74. The Morgan fingerprint density at radius 2 is 1.89 bits per heavy atom. The predicted molar refractivity (Wildman–Crippen MR) is 97.4 cm³/mol. The molecule has 0 spiro atoms. The van der Waals surface area contributed by atoms with E-state index in [-0.39, 0.29) is 0 Å². The van der Waals surface area contributed by atoms with Gasteiger partial charge in [0.15, 0.2) is 0 Å². The maximum absolute atomic E-state index is 3.31. The maximum Gasteiger partial charge on any atom is 0.0625 e. The van der Waals surface area contributed by atoms with Crippen molar-refractivity contribution in [3.63, 3.8) is 0 Å². The lowest BCUT2D eigenvalue weighted by Gasteiger charge is -2.05. The Kier molecular flexibility index (Phi) is 8.78. The molecule has 0 N–H and O–H groups in total. The summed E-state index contributed by atoms with van der Waals surface area (Å²) in [6, 6.07) is 10.2. The monoisotopic (exact) mass is 464 g/mol. The van der Waals surface area contributed by atoms with Crippen molar-refractivity contribution in [3.8, 4) is 11.8 Å². The van der Waals surface area contributed by atoms with Gasteiger partial charge < -0.3 is 0 Å². The third-order valence-corrected chi connectivity index (χ3v) is 4.20. The van der Waals surface area contributed by atoms with E-state index in [1.54, 1.807) is 0 Å². The summed E-state index contributed by atoms with van der Waals surface area (Å²) in [5.74, 6) is 6.55. The lowest BCUT2D eigenvalue weighted by atomic mass is 10.1. The summed E-state index contributed by atoms with van der Waals surface area (Å²) in [6.07, 6.45) is 4.88. The molecule has 96 valence electrons. The van der Waals surface area contributed by atoms with Crippen molar-refractivity contribution in [2.75, 3.05) is 4.43 Å². The molecule has 0 radical (unpaired) electrons. The Morgan fingerprint density at radius 1 is 1.17 bits per heavy atom. The fraction of sp³-hybridized carbons (Fsp3) is 0.375. The second-order valence-corrected chi connectivity index (χ2v) is 6.23. The summed E-state index contributed by atoms with van der Waals surface area (Å²) in [5, 5.41) is 0. The quantitative estimate of drug-likeness (QED) is 0.296. The molecule has 0 heterocycles. The van der Waals surface area contributed by atoms with Crippen LogP contribution in [0, 0.1) is 11.8 Å². The lowest BCUT2D eigenvalue weighted by molar-refractivity contribution is 0.769. The average Bonchev–Trinajstić information content (AvgIpc) is 2.42. The summed E-state index contributed by atoms with van der Waals surface area (Å²) in [6.45, 7) is 2.24. The summed E-state index contributed by atoms with van der Waals surface area (Å²) in [7, 11) is 0. The van der Waals surface area contributed by atoms with Crippen molar-refractivity contribution in [3.05, 3.63) is 45.0 Å². The number of allylic oxidation sites excluding steroid dienone is 2. The molecule has 18 heavy (non-hydrogen) atoms. The molecule has 0 aromatic heterocycles. The van der Waals surface area contributed by atoms with Gasteiger partial charge in [-0.2, -0.15) is 0 Å². The molecular formula is C16H18I2. The smallest absolute Gasteiger partial charge is 0.0625 e. The molecule has 0 saturated heterocycles. The Morgan fingerprint density at radius 3 is 2.50 bits per heavy atom. The second-order valence-electron chi connectivity index (χ2n) is 4.08. The molecule has 2 heteroatoms. The highest BCUT2D eigenvalue weighted by Gasteiger charge is 2.01. The lowest BCUT2D eigenvalue weighted by Crippen LogP contribution is -1.88. The van der Waals surface area contributed by atoms with Crippen molar-refractivity contribution in [2.24, 2.45) is 0 Å². The van der Waals surface area contributed by atoms with Crippen molar-refractivity contribution in [1.29, 1.82) is 0 Å². The van der Waals surface area contributed by atoms with Gasteiger partial charge in [-0.15, -0.1) is 0 Å². The molecule has 0 aliphatic rings. The van der Waals surface area contributed by atoms with Crippen molar-refractivity contribution >= 4 is 45.2 Å². The van der Waals surface area contributed by atoms with Crippen LogP contribution < -0.4 is 0 Å². The van der Waals surface area contributed by atoms with E-state index in [1.807, 2.05) is 18.2 Å². The molecular weight excluding hydrogens is 446 g/mol. The highest BCUT2D eigenvalue weighted by Crippen LogP contribution is 2.22. The van der Waals surface area contributed by atoms with Gasteiger partial charge in [-0.25, -0.2) is 0 Å². The summed E-state index contributed by atoms with van der Waals surface area (Å²) >= 11 is 4.84. The third kappa shape index (κ3) is 6.24. The zero-order valence-corrected chi connectivity index (χ0v) is 15.0. The van der Waals surface area contributed by atoms with Crippen LogP contribution in [0.5, 0.6) is 0 Å². The normalized spacial score (nSPS) is 11.5. The zero-order valence-electron chi connectivity index (χ0n) is 10.7. The minimum atomic E-state index is 1.09. The van der Waals surface area contributed by atoms with Gasteiger partial charge >= 0.3 is 0 Å². The van der Waals surface area contributed by atoms with Crippen LogP contribution in [0.2, 0.25) is 0 Å². The summed E-state index contributed by atoms with van der Waals surface area (Å²) < 4.78 is 2.41. The van der Waals surface area contributed by atoms with E-state index in [2.05, 4.69) is 76.1 Å². The number of hydrogen-bond donors (Lipinski definition) is 0. The first-order chi connectivity index (χ1) is 8.77. The molecule has 0 aliphatic carbocycles. The summed E-state index contributed by atoms with van der Waals surface area (Å²) in [5.41, 5.74) is 2.62. The second kappa shape index (κ2) is 9.85. The topological polar surface area (TPSA) is 0 Å². The molecule has 0 unspecified atom stereocenters. The van der Waals surface area contributed by atoms with Gasteiger partial charge in [-0.3, -0.25) is 0 Å². The first-order valence-corrected chi connectivity index (χ1v) is 8.89. The van der Waals surface area contributed by atoms with Crippen LogP contribution in [-0.2, 0) is 0 Å². The van der Waals surface area contributed by atoms with E-state index < -0.39 is 0 Å². The van der Waals surface area contributed by atoms with Crippen LogP contribution in [-0.4, -0.2) is 4.43 Å². The van der Waals surface area contributed by atoms with Crippen LogP contribution in [0.1, 0.15) is 38.2 Å². The molecule has 0 fully saturated rings. The fourth-order valence-corrected chi connectivity index (χ4v) is 2.91. The molecule has 1 aromatic carbocycles. The largest absolute Gasteiger partial charge is 0.0860 e. The molecule has 0 saturated carbocycles. The minimum Gasteiger partial charge on any atom is -0.0860 e. The first-order valence-electron chi connectivity index (χ1n) is 6.28. The van der Waals surface area contributed by atoms with Crippen molar-refractivity contribution in [1.82, 2.24) is 0 Å². The molecule has 0 amide bonds. The first kappa shape index (κ1) is 16.0. The minimum absolute atomic E-state index is 1.09. The van der Waals surface area contributed by atoms with E-state index in [1.165, 1.54) is 39.3 Å². The molecule has 0 bridgehead atoms. The van der Waals surface area contributed by atoms with E-state index >= 15 is 0 Å². The standard InChI is InChI=1S/C16H18I2/c1-2-3-9-15(12-13-17)16(18)11-10-14-7-5-4-6-8-14/h4-8H,2-3,9,12-13H2,1H3/b16-15-. The van der Waals surface area contributed by atoms with Crippen LogP contribution in [0.25, 0.3) is 0 Å². The van der Waals surface area contributed by atoms with E-state index in [0.717, 1.165) is 5.56 Å². The van der Waals surface area contributed by atoms with E-state index in [0.29, 0.717) is 0 Å². The SMILES string of the molecule is CCCC/C(CCI)=C(/I)C#Cc1ccccc1. The molecule has 0 aliphatic heterocycles. The van der Waals surface area contributed by atoms with Crippen LogP contribution >= 0.6 is 45.2 Å². The van der Waals surface area contributed by atoms with Gasteiger partial charge in [-0.05, 0) is 59.6 Å². The number of unbranched alkanes of at least 4 members (excludes halogenated alkanes) is 1. The molecule has 0 nitrogen and oxygen atoms in total. The van der Waals surface area contributed by atoms with Gasteiger partial charge in [0.2, 0.25) is 0 Å². The Bertz CT molecular complexity index is 435. The number of halogens is 2. The zero-order chi connectivity index (χ0) is 13.2. The van der Waals surface area contributed by atoms with Crippen molar-refractivity contribution in [2.45, 2.75) is 32.6 Å². The summed E-state index contributed by atoms with van der Waals surface area (Å²) in [4.78, 5) is 0.